The Hall–Kier alpha value is -5.49. The fraction of sp³-hybridized carbons (Fsp3) is 0.522. The van der Waals surface area contributed by atoms with E-state index in [1.54, 1.807) is 0 Å². The van der Waals surface area contributed by atoms with Crippen molar-refractivity contribution in [2.75, 3.05) is 13.2 Å². The summed E-state index contributed by atoms with van der Waals surface area (Å²) in [6.45, 7) is 6.24. The molecule has 0 rings (SSSR count). The van der Waals surface area contributed by atoms with Gasteiger partial charge in [0.1, 0.15) is 13.2 Å². The van der Waals surface area contributed by atoms with E-state index in [2.05, 4.69) is 191 Å². The second-order valence-corrected chi connectivity index (χ2v) is 18.4. The van der Waals surface area contributed by atoms with Crippen LogP contribution in [-0.2, 0) is 28.6 Å². The topological polar surface area (TPSA) is 78.9 Å². The van der Waals surface area contributed by atoms with Crippen LogP contribution in [0.4, 0.5) is 0 Å². The lowest BCUT2D eigenvalue weighted by Gasteiger charge is -2.18. The summed E-state index contributed by atoms with van der Waals surface area (Å²) >= 11 is 0. The number of carbonyl (C=O) groups excluding carboxylic acids is 3. The molecule has 1 unspecified atom stereocenters. The first kappa shape index (κ1) is 69.5. The standard InChI is InChI=1S/C69H104O6/c1-4-7-10-13-16-19-22-24-26-28-30-31-32-33-34-35-36-37-39-40-42-44-47-50-53-56-59-62-68(71)74-65-66(64-73-67(70)61-58-55-52-49-46-21-18-15-12-9-6-3)75-69(72)63-60-57-54-51-48-45-43-41-38-29-27-25-23-20-17-14-11-8-5-2/h7-8,10-11,15-20,24-27,30-31,33-34,36-38,40-42,45,47-48,50,54,57,66H,4-6,9,12-14,21-23,28-29,32,35,39,43-44,46,49,51-53,55-56,58-65H2,1-3H3/b10-7-,11-8-,18-15-,19-16-,20-17-,26-24-,27-25-,31-30-,34-33-,37-36-,41-38-,42-40-,48-45-,50-47-,57-54-. The summed E-state index contributed by atoms with van der Waals surface area (Å²) in [7, 11) is 0. The zero-order chi connectivity index (χ0) is 54.3. The maximum atomic E-state index is 12.8. The van der Waals surface area contributed by atoms with Crippen LogP contribution >= 0.6 is 0 Å². The second kappa shape index (κ2) is 61.1. The van der Waals surface area contributed by atoms with Crippen molar-refractivity contribution in [3.63, 3.8) is 0 Å². The smallest absolute Gasteiger partial charge is 0.306 e. The van der Waals surface area contributed by atoms with Crippen LogP contribution in [0, 0.1) is 0 Å². The fourth-order valence-corrected chi connectivity index (χ4v) is 7.05. The van der Waals surface area contributed by atoms with E-state index in [1.165, 1.54) is 19.3 Å². The minimum atomic E-state index is -0.851. The van der Waals surface area contributed by atoms with Crippen molar-refractivity contribution < 1.29 is 28.6 Å². The van der Waals surface area contributed by atoms with E-state index in [4.69, 9.17) is 14.2 Å². The van der Waals surface area contributed by atoms with Crippen LogP contribution < -0.4 is 0 Å². The molecule has 0 amide bonds. The van der Waals surface area contributed by atoms with E-state index in [0.29, 0.717) is 19.3 Å². The lowest BCUT2D eigenvalue weighted by atomic mass is 10.1. The highest BCUT2D eigenvalue weighted by Gasteiger charge is 2.19. The van der Waals surface area contributed by atoms with Crippen LogP contribution in [0.1, 0.15) is 213 Å². The van der Waals surface area contributed by atoms with Gasteiger partial charge in [-0.3, -0.25) is 14.4 Å². The van der Waals surface area contributed by atoms with Gasteiger partial charge in [-0.05, 0) is 141 Å². The average Bonchev–Trinajstić information content (AvgIpc) is 3.41. The van der Waals surface area contributed by atoms with E-state index in [9.17, 15) is 14.4 Å². The van der Waals surface area contributed by atoms with Gasteiger partial charge in [-0.1, -0.05) is 235 Å². The van der Waals surface area contributed by atoms with Crippen molar-refractivity contribution in [2.24, 2.45) is 0 Å². The molecule has 416 valence electrons. The Labute approximate surface area is 459 Å². The first-order valence-electron chi connectivity index (χ1n) is 29.3. The van der Waals surface area contributed by atoms with Crippen molar-refractivity contribution in [2.45, 2.75) is 219 Å². The van der Waals surface area contributed by atoms with E-state index < -0.39 is 12.1 Å². The molecule has 0 N–H and O–H groups in total. The normalized spacial score (nSPS) is 13.5. The Morgan fingerprint density at radius 2 is 0.547 bits per heavy atom. The number of unbranched alkanes of at least 4 members (excludes halogenated alkanes) is 9. The van der Waals surface area contributed by atoms with E-state index in [1.807, 2.05) is 12.2 Å². The summed E-state index contributed by atoms with van der Waals surface area (Å²) in [5.41, 5.74) is 0. The maximum Gasteiger partial charge on any atom is 0.306 e. The first-order chi connectivity index (χ1) is 37.0. The van der Waals surface area contributed by atoms with Gasteiger partial charge in [0.2, 0.25) is 0 Å². The van der Waals surface area contributed by atoms with Crippen molar-refractivity contribution in [1.82, 2.24) is 0 Å². The van der Waals surface area contributed by atoms with Crippen molar-refractivity contribution in [3.05, 3.63) is 182 Å². The number of esters is 3. The average molecular weight is 1030 g/mol. The molecule has 0 saturated heterocycles. The van der Waals surface area contributed by atoms with Crippen LogP contribution in [0.2, 0.25) is 0 Å². The molecule has 6 heteroatoms. The predicted octanol–water partition coefficient (Wildman–Crippen LogP) is 20.1. The van der Waals surface area contributed by atoms with Crippen molar-refractivity contribution in [3.8, 4) is 0 Å². The molecule has 0 aliphatic carbocycles. The Bertz CT molecular complexity index is 1800. The molecule has 0 aliphatic rings. The monoisotopic (exact) mass is 1030 g/mol. The SMILES string of the molecule is CC/C=C\C/C=C\C/C=C\C/C=C\C/C=C\C/C=C\C/C=C\C/C=C\CCCCC(=O)OCC(COC(=O)CCCCCCC/C=C\CCCC)OC(=O)CC/C=C\C/C=C\C/C=C\C/C=C\C/C=C\C/C=C\CC. The highest BCUT2D eigenvalue weighted by atomic mass is 16.6. The number of rotatable bonds is 50. The molecule has 0 bridgehead atoms. The van der Waals surface area contributed by atoms with Gasteiger partial charge in [-0.15, -0.1) is 0 Å². The zero-order valence-electron chi connectivity index (χ0n) is 47.5. The number of carbonyl (C=O) groups is 3. The Balaban J connectivity index is 4.54. The molecule has 0 radical (unpaired) electrons. The number of allylic oxidation sites excluding steroid dienone is 30. The minimum Gasteiger partial charge on any atom is -0.462 e. The van der Waals surface area contributed by atoms with Crippen LogP contribution in [0.25, 0.3) is 0 Å². The largest absolute Gasteiger partial charge is 0.462 e. The third-order valence-corrected chi connectivity index (χ3v) is 11.4. The molecule has 0 saturated carbocycles. The summed E-state index contributed by atoms with van der Waals surface area (Å²) in [4.78, 5) is 38.1. The van der Waals surface area contributed by atoms with E-state index in [0.717, 1.165) is 141 Å². The maximum absolute atomic E-state index is 12.8. The summed E-state index contributed by atoms with van der Waals surface area (Å²) < 4.78 is 16.7. The van der Waals surface area contributed by atoms with Crippen molar-refractivity contribution >= 4 is 17.9 Å². The molecule has 0 aliphatic heterocycles. The van der Waals surface area contributed by atoms with Gasteiger partial charge in [0.15, 0.2) is 6.10 Å². The quantitative estimate of drug-likeness (QED) is 0.0261. The molecular weight excluding hydrogens is 925 g/mol. The summed E-state index contributed by atoms with van der Waals surface area (Å²) in [5, 5.41) is 0. The third kappa shape index (κ3) is 59.3. The number of hydrogen-bond donors (Lipinski definition) is 0. The van der Waals surface area contributed by atoms with Gasteiger partial charge in [-0.25, -0.2) is 0 Å². The Morgan fingerprint density at radius 1 is 0.280 bits per heavy atom. The minimum absolute atomic E-state index is 0.136. The highest BCUT2D eigenvalue weighted by Crippen LogP contribution is 2.11. The van der Waals surface area contributed by atoms with Crippen LogP contribution in [0.15, 0.2) is 182 Å². The van der Waals surface area contributed by atoms with Gasteiger partial charge in [0.05, 0.1) is 0 Å². The molecule has 6 nitrogen and oxygen atoms in total. The predicted molar refractivity (Wildman–Crippen MR) is 324 cm³/mol. The number of hydrogen-bond acceptors (Lipinski definition) is 6. The number of ether oxygens (including phenoxy) is 3. The molecule has 0 aromatic heterocycles. The lowest BCUT2D eigenvalue weighted by molar-refractivity contribution is -0.166. The zero-order valence-corrected chi connectivity index (χ0v) is 47.5. The highest BCUT2D eigenvalue weighted by molar-refractivity contribution is 5.71. The Morgan fingerprint density at radius 3 is 0.907 bits per heavy atom. The fourth-order valence-electron chi connectivity index (χ4n) is 7.05. The van der Waals surface area contributed by atoms with Crippen LogP contribution in [0.3, 0.4) is 0 Å². The van der Waals surface area contributed by atoms with Gasteiger partial charge < -0.3 is 14.2 Å². The first-order valence-corrected chi connectivity index (χ1v) is 29.3. The van der Waals surface area contributed by atoms with Crippen LogP contribution in [0.5, 0.6) is 0 Å². The summed E-state index contributed by atoms with van der Waals surface area (Å²) in [6.07, 6.45) is 91.9. The van der Waals surface area contributed by atoms with Gasteiger partial charge in [-0.2, -0.15) is 0 Å². The molecule has 1 atom stereocenters. The molecule has 0 heterocycles. The summed E-state index contributed by atoms with van der Waals surface area (Å²) in [5.74, 6) is -1.09. The molecule has 0 fully saturated rings. The van der Waals surface area contributed by atoms with E-state index in [-0.39, 0.29) is 38.0 Å². The molecular formula is C69H104O6. The van der Waals surface area contributed by atoms with Gasteiger partial charge >= 0.3 is 17.9 Å². The van der Waals surface area contributed by atoms with Gasteiger partial charge in [0, 0.05) is 19.3 Å². The third-order valence-electron chi connectivity index (χ3n) is 11.4. The lowest BCUT2D eigenvalue weighted by Crippen LogP contribution is -2.30. The molecule has 0 spiro atoms. The van der Waals surface area contributed by atoms with Gasteiger partial charge in [0.25, 0.3) is 0 Å². The summed E-state index contributed by atoms with van der Waals surface area (Å²) in [6, 6.07) is 0. The second-order valence-electron chi connectivity index (χ2n) is 18.4. The molecule has 0 aromatic carbocycles. The molecule has 75 heavy (non-hydrogen) atoms. The van der Waals surface area contributed by atoms with Crippen LogP contribution in [-0.4, -0.2) is 37.2 Å². The Kier molecular flexibility index (Phi) is 56.6. The van der Waals surface area contributed by atoms with E-state index >= 15 is 0 Å². The van der Waals surface area contributed by atoms with Crippen molar-refractivity contribution in [1.29, 1.82) is 0 Å². The molecule has 0 aromatic rings.